The summed E-state index contributed by atoms with van der Waals surface area (Å²) in [6.45, 7) is 2.06. The number of hydrogen-bond donors (Lipinski definition) is 1. The smallest absolute Gasteiger partial charge is 0.224 e. The van der Waals surface area contributed by atoms with E-state index in [4.69, 9.17) is 11.6 Å². The van der Waals surface area contributed by atoms with Crippen LogP contribution >= 0.6 is 11.6 Å². The van der Waals surface area contributed by atoms with Gasteiger partial charge in [-0.1, -0.05) is 29.8 Å². The van der Waals surface area contributed by atoms with Gasteiger partial charge in [0.2, 0.25) is 5.91 Å². The summed E-state index contributed by atoms with van der Waals surface area (Å²) < 4.78 is 2.07. The van der Waals surface area contributed by atoms with Gasteiger partial charge in [-0.05, 0) is 49.8 Å². The van der Waals surface area contributed by atoms with Crippen molar-refractivity contribution in [2.75, 3.05) is 0 Å². The van der Waals surface area contributed by atoms with Crippen LogP contribution in [0.15, 0.2) is 36.7 Å². The number of aromatic nitrogens is 2. The maximum atomic E-state index is 12.2. The van der Waals surface area contributed by atoms with Gasteiger partial charge in [-0.25, -0.2) is 0 Å². The quantitative estimate of drug-likeness (QED) is 0.928. The van der Waals surface area contributed by atoms with E-state index in [1.54, 1.807) is 0 Å². The summed E-state index contributed by atoms with van der Waals surface area (Å²) in [4.78, 5) is 12.2. The van der Waals surface area contributed by atoms with E-state index in [-0.39, 0.29) is 11.9 Å². The highest BCUT2D eigenvalue weighted by Crippen LogP contribution is 2.28. The number of amides is 1. The second-order valence-electron chi connectivity index (χ2n) is 6.34. The second-order valence-corrected chi connectivity index (χ2v) is 6.75. The van der Waals surface area contributed by atoms with E-state index in [1.165, 1.54) is 5.56 Å². The molecule has 0 radical (unpaired) electrons. The summed E-state index contributed by atoms with van der Waals surface area (Å²) in [5.74, 6) is 0.0523. The standard InChI is InChI=1S/C18H22ClN3O/c1-13-11-20-22(12-13)16-8-6-15(7-9-16)21-18(23)10-14-4-2-3-5-17(14)19/h2-5,11-12,15-16H,6-10H2,1H3,(H,21,23). The van der Waals surface area contributed by atoms with Gasteiger partial charge in [-0.15, -0.1) is 0 Å². The highest BCUT2D eigenvalue weighted by molar-refractivity contribution is 6.31. The van der Waals surface area contributed by atoms with Crippen molar-refractivity contribution in [2.45, 2.75) is 51.1 Å². The molecular formula is C18H22ClN3O. The SMILES string of the molecule is Cc1cnn(C2CCC(NC(=O)Cc3ccccc3Cl)CC2)c1. The minimum atomic E-state index is 0.0523. The number of rotatable bonds is 4. The lowest BCUT2D eigenvalue weighted by Crippen LogP contribution is -2.38. The Morgan fingerprint density at radius 3 is 2.70 bits per heavy atom. The molecule has 5 heteroatoms. The molecule has 1 N–H and O–H groups in total. The molecule has 0 atom stereocenters. The first-order chi connectivity index (χ1) is 11.1. The number of aryl methyl sites for hydroxylation is 1. The maximum Gasteiger partial charge on any atom is 0.224 e. The van der Waals surface area contributed by atoms with Gasteiger partial charge in [0.1, 0.15) is 0 Å². The highest BCUT2D eigenvalue weighted by atomic mass is 35.5. The molecule has 1 aromatic heterocycles. The molecule has 23 heavy (non-hydrogen) atoms. The van der Waals surface area contributed by atoms with Gasteiger partial charge in [0, 0.05) is 17.3 Å². The molecule has 1 heterocycles. The fourth-order valence-corrected chi connectivity index (χ4v) is 3.41. The van der Waals surface area contributed by atoms with E-state index < -0.39 is 0 Å². The fraction of sp³-hybridized carbons (Fsp3) is 0.444. The van der Waals surface area contributed by atoms with Crippen molar-refractivity contribution in [1.29, 1.82) is 0 Å². The van der Waals surface area contributed by atoms with Gasteiger partial charge in [0.25, 0.3) is 0 Å². The van der Waals surface area contributed by atoms with E-state index in [0.717, 1.165) is 31.2 Å². The summed E-state index contributed by atoms with van der Waals surface area (Å²) in [7, 11) is 0. The zero-order valence-corrected chi connectivity index (χ0v) is 14.1. The first kappa shape index (κ1) is 16.1. The summed E-state index contributed by atoms with van der Waals surface area (Å²) >= 11 is 6.11. The third-order valence-corrected chi connectivity index (χ3v) is 4.84. The Morgan fingerprint density at radius 1 is 1.30 bits per heavy atom. The Balaban J connectivity index is 1.49. The van der Waals surface area contributed by atoms with Crippen LogP contribution in [0.5, 0.6) is 0 Å². The fourth-order valence-electron chi connectivity index (χ4n) is 3.21. The molecule has 1 fully saturated rings. The molecular weight excluding hydrogens is 310 g/mol. The largest absolute Gasteiger partial charge is 0.353 e. The molecule has 1 saturated carbocycles. The normalized spacial score (nSPS) is 21.1. The van der Waals surface area contributed by atoms with Crippen LogP contribution in [-0.2, 0) is 11.2 Å². The van der Waals surface area contributed by atoms with Crippen LogP contribution in [-0.4, -0.2) is 21.7 Å². The molecule has 3 rings (SSSR count). The maximum absolute atomic E-state index is 12.2. The third kappa shape index (κ3) is 4.14. The monoisotopic (exact) mass is 331 g/mol. The Morgan fingerprint density at radius 2 is 2.04 bits per heavy atom. The van der Waals surface area contributed by atoms with Crippen molar-refractivity contribution < 1.29 is 4.79 Å². The number of carbonyl (C=O) groups excluding carboxylic acids is 1. The van der Waals surface area contributed by atoms with E-state index in [0.29, 0.717) is 17.5 Å². The molecule has 1 aliphatic carbocycles. The van der Waals surface area contributed by atoms with E-state index in [1.807, 2.05) is 30.5 Å². The molecule has 1 aromatic carbocycles. The summed E-state index contributed by atoms with van der Waals surface area (Å²) in [6.07, 6.45) is 8.45. The van der Waals surface area contributed by atoms with Crippen LogP contribution < -0.4 is 5.32 Å². The van der Waals surface area contributed by atoms with Crippen LogP contribution in [0.2, 0.25) is 5.02 Å². The zero-order chi connectivity index (χ0) is 16.2. The minimum absolute atomic E-state index is 0.0523. The number of nitrogens with one attached hydrogen (secondary N) is 1. The van der Waals surface area contributed by atoms with Gasteiger partial charge in [0.05, 0.1) is 18.7 Å². The van der Waals surface area contributed by atoms with Gasteiger partial charge in [-0.2, -0.15) is 5.10 Å². The zero-order valence-electron chi connectivity index (χ0n) is 13.3. The van der Waals surface area contributed by atoms with E-state index in [2.05, 4.69) is 28.2 Å². The van der Waals surface area contributed by atoms with Gasteiger partial charge in [0.15, 0.2) is 0 Å². The predicted octanol–water partition coefficient (Wildman–Crippen LogP) is 3.69. The molecule has 0 aliphatic heterocycles. The van der Waals surface area contributed by atoms with Gasteiger partial charge < -0.3 is 5.32 Å². The average molecular weight is 332 g/mol. The van der Waals surface area contributed by atoms with Crippen molar-refractivity contribution in [3.63, 3.8) is 0 Å². The Bertz CT molecular complexity index is 674. The molecule has 1 aliphatic rings. The predicted molar refractivity (Wildman–Crippen MR) is 91.6 cm³/mol. The summed E-state index contributed by atoms with van der Waals surface area (Å²) in [5, 5.41) is 8.20. The topological polar surface area (TPSA) is 46.9 Å². The van der Waals surface area contributed by atoms with Crippen molar-refractivity contribution in [3.8, 4) is 0 Å². The van der Waals surface area contributed by atoms with Crippen molar-refractivity contribution in [3.05, 3.63) is 52.8 Å². The van der Waals surface area contributed by atoms with Gasteiger partial charge in [-0.3, -0.25) is 9.48 Å². The second kappa shape index (κ2) is 7.18. The van der Waals surface area contributed by atoms with Crippen molar-refractivity contribution >= 4 is 17.5 Å². The summed E-state index contributed by atoms with van der Waals surface area (Å²) in [5.41, 5.74) is 2.08. The molecule has 122 valence electrons. The highest BCUT2D eigenvalue weighted by Gasteiger charge is 2.24. The first-order valence-corrected chi connectivity index (χ1v) is 8.53. The Kier molecular flexibility index (Phi) is 5.01. The molecule has 0 spiro atoms. The third-order valence-electron chi connectivity index (χ3n) is 4.48. The van der Waals surface area contributed by atoms with E-state index in [9.17, 15) is 4.79 Å². The molecule has 1 amide bonds. The Hall–Kier alpha value is -1.81. The Labute approximate surface area is 141 Å². The molecule has 4 nitrogen and oxygen atoms in total. The average Bonchev–Trinajstić information content (AvgIpc) is 2.97. The van der Waals surface area contributed by atoms with E-state index >= 15 is 0 Å². The number of halogens is 1. The van der Waals surface area contributed by atoms with Crippen molar-refractivity contribution in [2.24, 2.45) is 0 Å². The van der Waals surface area contributed by atoms with Crippen LogP contribution in [0.25, 0.3) is 0 Å². The number of carbonyl (C=O) groups is 1. The molecule has 0 unspecified atom stereocenters. The number of hydrogen-bond acceptors (Lipinski definition) is 2. The lowest BCUT2D eigenvalue weighted by atomic mass is 9.91. The number of benzene rings is 1. The van der Waals surface area contributed by atoms with Gasteiger partial charge >= 0.3 is 0 Å². The van der Waals surface area contributed by atoms with Crippen LogP contribution in [0.1, 0.15) is 42.9 Å². The lowest BCUT2D eigenvalue weighted by Gasteiger charge is -2.29. The lowest BCUT2D eigenvalue weighted by molar-refractivity contribution is -0.121. The van der Waals surface area contributed by atoms with Crippen molar-refractivity contribution in [1.82, 2.24) is 15.1 Å². The van der Waals surface area contributed by atoms with Crippen LogP contribution in [0.4, 0.5) is 0 Å². The summed E-state index contributed by atoms with van der Waals surface area (Å²) in [6, 6.07) is 8.23. The molecule has 0 bridgehead atoms. The molecule has 0 saturated heterocycles. The van der Waals surface area contributed by atoms with Crippen LogP contribution in [0, 0.1) is 6.92 Å². The first-order valence-electron chi connectivity index (χ1n) is 8.15. The van der Waals surface area contributed by atoms with Crippen LogP contribution in [0.3, 0.4) is 0 Å². The minimum Gasteiger partial charge on any atom is -0.353 e. The molecule has 2 aromatic rings. The number of nitrogens with zero attached hydrogens (tertiary/aromatic N) is 2.